The van der Waals surface area contributed by atoms with Gasteiger partial charge < -0.3 is 19.3 Å². The van der Waals surface area contributed by atoms with Crippen LogP contribution in [0.5, 0.6) is 0 Å². The van der Waals surface area contributed by atoms with Gasteiger partial charge in [0.1, 0.15) is 17.2 Å². The van der Waals surface area contributed by atoms with Gasteiger partial charge in [0, 0.05) is 59.3 Å². The van der Waals surface area contributed by atoms with Gasteiger partial charge in [0.2, 0.25) is 0 Å². The predicted molar refractivity (Wildman–Crippen MR) is 181 cm³/mol. The van der Waals surface area contributed by atoms with Crippen molar-refractivity contribution in [3.8, 4) is 23.7 Å². The number of hydrogen-bond donors (Lipinski definition) is 0. The van der Waals surface area contributed by atoms with Crippen molar-refractivity contribution in [2.24, 2.45) is 0 Å². The Kier molecular flexibility index (Phi) is 11.5. The normalized spacial score (nSPS) is 15.1. The van der Waals surface area contributed by atoms with E-state index in [1.54, 1.807) is 70.7 Å². The van der Waals surface area contributed by atoms with Gasteiger partial charge in [0.25, 0.3) is 11.8 Å². The standard InChI is InChI=1S/C20H19FN2O2.C18H15ClN2O2/c1-20(2)14-25-11-10-23(20)19(24)18-9-8-16(13-22-18)7-6-15-4-3-5-17(21)12-15;19-16-3-1-2-14(12-16)4-5-15-6-7-17(20-13-15)18(22)21-8-10-23-11-9-21/h3-5,8-9,12-13H,10-11,14H2,1-2H3;1-3,6-7,12-13H,8-11H2. The zero-order valence-corrected chi connectivity index (χ0v) is 27.5. The molecule has 0 spiro atoms. The highest BCUT2D eigenvalue weighted by molar-refractivity contribution is 6.30. The van der Waals surface area contributed by atoms with Crippen LogP contribution in [0.2, 0.25) is 5.02 Å². The summed E-state index contributed by atoms with van der Waals surface area (Å²) < 4.78 is 23.8. The van der Waals surface area contributed by atoms with E-state index in [1.165, 1.54) is 12.1 Å². The first-order valence-corrected chi connectivity index (χ1v) is 15.8. The minimum Gasteiger partial charge on any atom is -0.378 e. The lowest BCUT2D eigenvalue weighted by molar-refractivity contribution is -0.0373. The van der Waals surface area contributed by atoms with Gasteiger partial charge in [0.05, 0.1) is 32.0 Å². The summed E-state index contributed by atoms with van der Waals surface area (Å²) in [5.41, 5.74) is 3.31. The molecule has 2 fully saturated rings. The summed E-state index contributed by atoms with van der Waals surface area (Å²) in [6.07, 6.45) is 3.18. The Balaban J connectivity index is 0.000000188. The second-order valence-electron chi connectivity index (χ2n) is 11.6. The van der Waals surface area contributed by atoms with E-state index in [2.05, 4.69) is 33.6 Å². The molecule has 0 radical (unpaired) electrons. The van der Waals surface area contributed by atoms with E-state index in [0.717, 1.165) is 11.1 Å². The Morgan fingerprint density at radius 2 is 1.29 bits per heavy atom. The summed E-state index contributed by atoms with van der Waals surface area (Å²) in [5, 5.41) is 0.654. The second kappa shape index (κ2) is 16.2. The van der Waals surface area contributed by atoms with Gasteiger partial charge in [-0.2, -0.15) is 0 Å². The van der Waals surface area contributed by atoms with Crippen LogP contribution in [-0.2, 0) is 9.47 Å². The monoisotopic (exact) mass is 664 g/mol. The number of amides is 2. The van der Waals surface area contributed by atoms with Crippen molar-refractivity contribution in [1.82, 2.24) is 19.8 Å². The number of morpholine rings is 2. The molecule has 0 N–H and O–H groups in total. The summed E-state index contributed by atoms with van der Waals surface area (Å²) in [6, 6.07) is 20.4. The first-order valence-electron chi connectivity index (χ1n) is 15.4. The summed E-state index contributed by atoms with van der Waals surface area (Å²) in [6.45, 7) is 7.92. The van der Waals surface area contributed by atoms with Gasteiger partial charge in [-0.25, -0.2) is 14.4 Å². The van der Waals surface area contributed by atoms with Crippen LogP contribution in [0.25, 0.3) is 0 Å². The number of carbonyl (C=O) groups excluding carboxylic acids is 2. The van der Waals surface area contributed by atoms with Gasteiger partial charge in [-0.15, -0.1) is 0 Å². The maximum absolute atomic E-state index is 13.1. The Labute approximate surface area is 284 Å². The van der Waals surface area contributed by atoms with Crippen LogP contribution in [0.3, 0.4) is 0 Å². The molecule has 0 atom stereocenters. The predicted octanol–water partition coefficient (Wildman–Crippen LogP) is 5.48. The quantitative estimate of drug-likeness (QED) is 0.264. The average molecular weight is 665 g/mol. The molecule has 4 aromatic rings. The topological polar surface area (TPSA) is 84.9 Å². The maximum Gasteiger partial charge on any atom is 0.273 e. The molecule has 10 heteroatoms. The molecule has 0 aliphatic carbocycles. The van der Waals surface area contributed by atoms with E-state index in [-0.39, 0.29) is 23.2 Å². The van der Waals surface area contributed by atoms with Crippen molar-refractivity contribution >= 4 is 23.4 Å². The SMILES string of the molecule is CC1(C)COCCN1C(=O)c1ccc(C#Cc2cccc(F)c2)cn1.O=C(c1ccc(C#Cc2cccc(Cl)c2)cn1)N1CCOCC1. The number of ether oxygens (including phenoxy) is 2. The number of nitrogens with zero attached hydrogens (tertiary/aromatic N) is 4. The van der Waals surface area contributed by atoms with Crippen molar-refractivity contribution < 1.29 is 23.5 Å². The van der Waals surface area contributed by atoms with Gasteiger partial charge in [-0.3, -0.25) is 9.59 Å². The molecule has 6 rings (SSSR count). The molecule has 0 saturated carbocycles. The van der Waals surface area contributed by atoms with E-state index in [9.17, 15) is 14.0 Å². The summed E-state index contributed by atoms with van der Waals surface area (Å²) in [4.78, 5) is 37.0. The molecule has 2 aliphatic rings. The highest BCUT2D eigenvalue weighted by Gasteiger charge is 2.35. The average Bonchev–Trinajstić information content (AvgIpc) is 3.10. The van der Waals surface area contributed by atoms with E-state index < -0.39 is 0 Å². The summed E-state index contributed by atoms with van der Waals surface area (Å²) in [5.74, 6) is 11.4. The molecular weight excluding hydrogens is 631 g/mol. The van der Waals surface area contributed by atoms with Gasteiger partial charge in [-0.1, -0.05) is 47.4 Å². The first-order chi connectivity index (χ1) is 23.2. The van der Waals surface area contributed by atoms with Gasteiger partial charge >= 0.3 is 0 Å². The molecule has 2 aromatic carbocycles. The molecule has 2 amide bonds. The first kappa shape index (κ1) is 34.3. The number of pyridine rings is 2. The fourth-order valence-corrected chi connectivity index (χ4v) is 5.10. The molecule has 2 saturated heterocycles. The second-order valence-corrected chi connectivity index (χ2v) is 12.0. The Morgan fingerprint density at radius 1 is 0.729 bits per heavy atom. The van der Waals surface area contributed by atoms with E-state index in [1.807, 2.05) is 26.0 Å². The number of rotatable bonds is 2. The number of hydrogen-bond acceptors (Lipinski definition) is 6. The van der Waals surface area contributed by atoms with Crippen LogP contribution in [0.15, 0.2) is 85.2 Å². The minimum absolute atomic E-state index is 0.0670. The molecular formula is C38H34ClFN4O4. The molecule has 2 aromatic heterocycles. The van der Waals surface area contributed by atoms with Crippen LogP contribution in [0.1, 0.15) is 57.1 Å². The fraction of sp³-hybridized carbons (Fsp3) is 0.263. The van der Waals surface area contributed by atoms with Crippen LogP contribution in [0.4, 0.5) is 4.39 Å². The largest absolute Gasteiger partial charge is 0.378 e. The zero-order valence-electron chi connectivity index (χ0n) is 26.7. The third kappa shape index (κ3) is 9.49. The fourth-order valence-electron chi connectivity index (χ4n) is 4.91. The number of aromatic nitrogens is 2. The summed E-state index contributed by atoms with van der Waals surface area (Å²) in [7, 11) is 0. The van der Waals surface area contributed by atoms with Crippen molar-refractivity contribution in [3.63, 3.8) is 0 Å². The van der Waals surface area contributed by atoms with Crippen molar-refractivity contribution in [2.75, 3.05) is 46.1 Å². The van der Waals surface area contributed by atoms with E-state index >= 15 is 0 Å². The van der Waals surface area contributed by atoms with Crippen LogP contribution < -0.4 is 0 Å². The molecule has 48 heavy (non-hydrogen) atoms. The van der Waals surface area contributed by atoms with Gasteiger partial charge in [0.15, 0.2) is 0 Å². The van der Waals surface area contributed by atoms with Gasteiger partial charge in [-0.05, 0) is 74.5 Å². The molecule has 244 valence electrons. The molecule has 0 bridgehead atoms. The van der Waals surface area contributed by atoms with Crippen LogP contribution >= 0.6 is 11.6 Å². The smallest absolute Gasteiger partial charge is 0.273 e. The van der Waals surface area contributed by atoms with E-state index in [0.29, 0.717) is 73.6 Å². The van der Waals surface area contributed by atoms with Crippen LogP contribution in [0, 0.1) is 29.5 Å². The van der Waals surface area contributed by atoms with Crippen molar-refractivity contribution in [2.45, 2.75) is 19.4 Å². The lowest BCUT2D eigenvalue weighted by Gasteiger charge is -2.41. The van der Waals surface area contributed by atoms with Crippen molar-refractivity contribution in [3.05, 3.63) is 130 Å². The molecule has 0 unspecified atom stereocenters. The Hall–Kier alpha value is -5.06. The number of benzene rings is 2. The number of carbonyl (C=O) groups is 2. The lowest BCUT2D eigenvalue weighted by Crippen LogP contribution is -2.55. The minimum atomic E-state index is -0.354. The Bertz CT molecular complexity index is 1870. The molecule has 4 heterocycles. The molecule has 8 nitrogen and oxygen atoms in total. The van der Waals surface area contributed by atoms with Crippen molar-refractivity contribution in [1.29, 1.82) is 0 Å². The molecule has 2 aliphatic heterocycles. The highest BCUT2D eigenvalue weighted by Crippen LogP contribution is 2.21. The lowest BCUT2D eigenvalue weighted by atomic mass is 10.0. The highest BCUT2D eigenvalue weighted by atomic mass is 35.5. The third-order valence-corrected chi connectivity index (χ3v) is 7.74. The third-order valence-electron chi connectivity index (χ3n) is 7.51. The zero-order chi connectivity index (χ0) is 33.9. The van der Waals surface area contributed by atoms with Crippen LogP contribution in [-0.4, -0.2) is 83.2 Å². The number of halogens is 2. The maximum atomic E-state index is 13.1. The van der Waals surface area contributed by atoms with E-state index in [4.69, 9.17) is 21.1 Å². The summed E-state index contributed by atoms with van der Waals surface area (Å²) >= 11 is 5.92. The Morgan fingerprint density at radius 3 is 1.85 bits per heavy atom.